The minimum absolute atomic E-state index is 0.165. The van der Waals surface area contributed by atoms with Gasteiger partial charge in [0.25, 0.3) is 0 Å². The number of fused-ring (bicyclic) bond motifs is 1. The summed E-state index contributed by atoms with van der Waals surface area (Å²) >= 11 is 0. The van der Waals surface area contributed by atoms with Gasteiger partial charge in [0.1, 0.15) is 35.1 Å². The minimum Gasteiger partial charge on any atom is -0.494 e. The van der Waals surface area contributed by atoms with E-state index in [1.165, 1.54) is 19.2 Å². The number of aryl methyl sites for hydroxylation is 2. The molecule has 0 bridgehead atoms. The third-order valence-electron chi connectivity index (χ3n) is 7.72. The highest BCUT2D eigenvalue weighted by Crippen LogP contribution is 2.38. The molecule has 8 heteroatoms. The zero-order valence-electron chi connectivity index (χ0n) is 23.0. The lowest BCUT2D eigenvalue weighted by atomic mass is 9.78. The van der Waals surface area contributed by atoms with Gasteiger partial charge in [-0.05, 0) is 74.4 Å². The van der Waals surface area contributed by atoms with E-state index in [0.29, 0.717) is 42.9 Å². The second-order valence-electron chi connectivity index (χ2n) is 9.97. The summed E-state index contributed by atoms with van der Waals surface area (Å²) in [4.78, 5) is 16.8. The van der Waals surface area contributed by atoms with Crippen LogP contribution < -0.4 is 9.47 Å². The third-order valence-corrected chi connectivity index (χ3v) is 7.72. The van der Waals surface area contributed by atoms with Crippen molar-refractivity contribution in [2.24, 2.45) is 12.5 Å². The Hall–Kier alpha value is -3.68. The van der Waals surface area contributed by atoms with Crippen molar-refractivity contribution in [3.8, 4) is 11.5 Å². The van der Waals surface area contributed by atoms with Gasteiger partial charge >= 0.3 is 5.97 Å². The van der Waals surface area contributed by atoms with Gasteiger partial charge in [0.15, 0.2) is 0 Å². The highest BCUT2D eigenvalue weighted by molar-refractivity contribution is 5.85. The average molecular weight is 539 g/mol. The van der Waals surface area contributed by atoms with Gasteiger partial charge < -0.3 is 18.8 Å². The molecule has 0 spiro atoms. The number of nitrogens with zero attached hydrogens (tertiary/aromatic N) is 2. The van der Waals surface area contributed by atoms with Gasteiger partial charge in [-0.2, -0.15) is 0 Å². The summed E-state index contributed by atoms with van der Waals surface area (Å²) in [7, 11) is 3.35. The molecule has 2 aromatic carbocycles. The van der Waals surface area contributed by atoms with E-state index in [-0.39, 0.29) is 12.1 Å². The van der Waals surface area contributed by atoms with Crippen LogP contribution in [0.15, 0.2) is 48.8 Å². The molecular weight excluding hydrogens is 502 g/mol. The van der Waals surface area contributed by atoms with Gasteiger partial charge in [-0.15, -0.1) is 0 Å². The molecule has 1 aliphatic heterocycles. The molecule has 4 rings (SSSR count). The number of carbonyl (C=O) groups excluding carboxylic acids is 1. The molecule has 3 aromatic rings. The van der Waals surface area contributed by atoms with Crippen molar-refractivity contribution in [2.75, 3.05) is 13.7 Å². The molecule has 0 fully saturated rings. The predicted octanol–water partition coefficient (Wildman–Crippen LogP) is 6.77. The maximum atomic E-state index is 14.3. The van der Waals surface area contributed by atoms with E-state index in [4.69, 9.17) is 14.2 Å². The molecule has 0 aliphatic carbocycles. The number of aromatic nitrogens is 2. The van der Waals surface area contributed by atoms with Gasteiger partial charge in [0.05, 0.1) is 19.1 Å². The number of hydrogen-bond donors (Lipinski definition) is 0. The van der Waals surface area contributed by atoms with E-state index < -0.39 is 17.0 Å². The van der Waals surface area contributed by atoms with Crippen molar-refractivity contribution in [1.29, 1.82) is 0 Å². The number of hydrogen-bond acceptors (Lipinski definition) is 5. The number of methoxy groups -OCH3 is 1. The number of benzene rings is 2. The lowest BCUT2D eigenvalue weighted by Crippen LogP contribution is -2.31. The van der Waals surface area contributed by atoms with E-state index in [9.17, 15) is 13.6 Å². The summed E-state index contributed by atoms with van der Waals surface area (Å²) in [6.45, 7) is 4.50. The first-order valence-electron chi connectivity index (χ1n) is 13.5. The van der Waals surface area contributed by atoms with Crippen LogP contribution in [0.5, 0.6) is 11.5 Å². The first-order chi connectivity index (χ1) is 18.8. The standard InChI is InChI=1S/C31H36F2N2O4/c1-5-31(6-2,30(36)37-4)14-7-17-38-24-11-13-27-22(18-24)19-25(29-34-15-16-35(29)3)28(39-27)12-9-21-8-10-23(32)20-26(21)33/h8,10-11,13,15-16,18-20,28H,5-7,9,12,14,17H2,1-4H3. The summed E-state index contributed by atoms with van der Waals surface area (Å²) in [5.74, 6) is 0.848. The van der Waals surface area contributed by atoms with Crippen LogP contribution in [-0.2, 0) is 23.0 Å². The Morgan fingerprint density at radius 1 is 1.15 bits per heavy atom. The summed E-state index contributed by atoms with van der Waals surface area (Å²) < 4.78 is 47.0. The van der Waals surface area contributed by atoms with E-state index in [0.717, 1.165) is 42.3 Å². The van der Waals surface area contributed by atoms with Crippen LogP contribution in [0, 0.1) is 17.0 Å². The van der Waals surface area contributed by atoms with Crippen LogP contribution in [0.3, 0.4) is 0 Å². The quantitative estimate of drug-likeness (QED) is 0.188. The summed E-state index contributed by atoms with van der Waals surface area (Å²) in [5, 5.41) is 0. The molecule has 1 aliphatic rings. The number of ether oxygens (including phenoxy) is 3. The largest absolute Gasteiger partial charge is 0.494 e. The second-order valence-corrected chi connectivity index (χ2v) is 9.97. The zero-order valence-corrected chi connectivity index (χ0v) is 23.0. The average Bonchev–Trinajstić information content (AvgIpc) is 3.37. The number of carbonyl (C=O) groups is 1. The van der Waals surface area contributed by atoms with Gasteiger partial charge in [-0.1, -0.05) is 19.9 Å². The fraction of sp³-hybridized carbons (Fsp3) is 0.419. The van der Waals surface area contributed by atoms with Crippen LogP contribution in [-0.4, -0.2) is 35.3 Å². The van der Waals surface area contributed by atoms with Crippen LogP contribution >= 0.6 is 0 Å². The minimum atomic E-state index is -0.593. The van der Waals surface area contributed by atoms with Crippen molar-refractivity contribution in [2.45, 2.75) is 58.5 Å². The van der Waals surface area contributed by atoms with Gasteiger partial charge in [0.2, 0.25) is 0 Å². The highest BCUT2D eigenvalue weighted by atomic mass is 19.1. The summed E-state index contributed by atoms with van der Waals surface area (Å²) in [5.41, 5.74) is 1.70. The van der Waals surface area contributed by atoms with Crippen LogP contribution in [0.25, 0.3) is 11.6 Å². The molecule has 39 heavy (non-hydrogen) atoms. The van der Waals surface area contributed by atoms with E-state index >= 15 is 0 Å². The Bertz CT molecular complexity index is 1330. The number of halogens is 2. The number of rotatable bonds is 12. The number of imidazole rings is 1. The smallest absolute Gasteiger partial charge is 0.311 e. The van der Waals surface area contributed by atoms with Crippen molar-refractivity contribution in [3.63, 3.8) is 0 Å². The number of esters is 1. The Labute approximate surface area is 228 Å². The maximum absolute atomic E-state index is 14.3. The van der Waals surface area contributed by atoms with Crippen LogP contribution in [0.4, 0.5) is 8.78 Å². The lowest BCUT2D eigenvalue weighted by Gasteiger charge is -2.28. The summed E-state index contributed by atoms with van der Waals surface area (Å²) in [6.07, 6.45) is 9.02. The second kappa shape index (κ2) is 12.5. The van der Waals surface area contributed by atoms with E-state index in [1.54, 1.807) is 6.20 Å². The van der Waals surface area contributed by atoms with Crippen molar-refractivity contribution in [3.05, 3.63) is 77.4 Å². The van der Waals surface area contributed by atoms with Crippen molar-refractivity contribution in [1.82, 2.24) is 9.55 Å². The fourth-order valence-corrected chi connectivity index (χ4v) is 5.20. The van der Waals surface area contributed by atoms with Gasteiger partial charge in [-0.3, -0.25) is 4.79 Å². The van der Waals surface area contributed by atoms with Crippen molar-refractivity contribution >= 4 is 17.6 Å². The molecule has 0 amide bonds. The molecular formula is C31H36F2N2O4. The topological polar surface area (TPSA) is 62.6 Å². The summed E-state index contributed by atoms with van der Waals surface area (Å²) in [6, 6.07) is 9.32. The maximum Gasteiger partial charge on any atom is 0.311 e. The molecule has 0 N–H and O–H groups in total. The predicted molar refractivity (Wildman–Crippen MR) is 146 cm³/mol. The molecule has 208 valence electrons. The lowest BCUT2D eigenvalue weighted by molar-refractivity contribution is -0.154. The SMILES string of the molecule is CCC(CC)(CCCOc1ccc2c(c1)C=C(c1nccn1C)C(CCc1ccc(F)cc1F)O2)C(=O)OC. The van der Waals surface area contributed by atoms with Crippen LogP contribution in [0.2, 0.25) is 0 Å². The third kappa shape index (κ3) is 6.32. The zero-order chi connectivity index (χ0) is 28.0. The van der Waals surface area contributed by atoms with Crippen LogP contribution in [0.1, 0.15) is 62.9 Å². The highest BCUT2D eigenvalue weighted by Gasteiger charge is 2.35. The first kappa shape index (κ1) is 28.3. The molecule has 0 saturated heterocycles. The Morgan fingerprint density at radius 3 is 2.62 bits per heavy atom. The normalized spacial score (nSPS) is 14.8. The Morgan fingerprint density at radius 2 is 1.95 bits per heavy atom. The van der Waals surface area contributed by atoms with Gasteiger partial charge in [0, 0.05) is 36.6 Å². The Kier molecular flexibility index (Phi) is 9.04. The molecule has 0 saturated carbocycles. The molecule has 1 aromatic heterocycles. The van der Waals surface area contributed by atoms with Gasteiger partial charge in [-0.25, -0.2) is 13.8 Å². The molecule has 1 unspecified atom stereocenters. The fourth-order valence-electron chi connectivity index (χ4n) is 5.20. The van der Waals surface area contributed by atoms with E-state index in [2.05, 4.69) is 4.98 Å². The monoisotopic (exact) mass is 538 g/mol. The Balaban J connectivity index is 1.48. The molecule has 1 atom stereocenters. The van der Waals surface area contributed by atoms with Crippen molar-refractivity contribution < 1.29 is 27.8 Å². The first-order valence-corrected chi connectivity index (χ1v) is 13.5. The molecule has 2 heterocycles. The molecule has 6 nitrogen and oxygen atoms in total. The molecule has 0 radical (unpaired) electrons. The van der Waals surface area contributed by atoms with E-state index in [1.807, 2.05) is 55.9 Å².